The molecule has 1 aliphatic carbocycles. The van der Waals surface area contributed by atoms with Crippen molar-refractivity contribution in [2.75, 3.05) is 0 Å². The molecule has 2 unspecified atom stereocenters. The third-order valence-corrected chi connectivity index (χ3v) is 5.06. The number of alkyl halides is 3. The summed E-state index contributed by atoms with van der Waals surface area (Å²) in [6, 6.07) is 3.18. The van der Waals surface area contributed by atoms with Crippen LogP contribution >= 0.6 is 0 Å². The van der Waals surface area contributed by atoms with Gasteiger partial charge in [0.1, 0.15) is 5.69 Å². The number of hydrogen-bond acceptors (Lipinski definition) is 4. The summed E-state index contributed by atoms with van der Waals surface area (Å²) < 4.78 is 43.7. The number of pyridine rings is 1. The molecule has 0 aromatic carbocycles. The Balaban J connectivity index is 2.04. The Hall–Kier alpha value is -2.12. The van der Waals surface area contributed by atoms with Gasteiger partial charge in [-0.05, 0) is 56.9 Å². The van der Waals surface area contributed by atoms with Crippen LogP contribution in [0.5, 0.6) is 5.88 Å². The van der Waals surface area contributed by atoms with Crippen molar-refractivity contribution in [1.82, 2.24) is 4.98 Å². The summed E-state index contributed by atoms with van der Waals surface area (Å²) in [5.74, 6) is -0.623. The highest BCUT2D eigenvalue weighted by molar-refractivity contribution is 5.94. The van der Waals surface area contributed by atoms with Gasteiger partial charge in [-0.25, -0.2) is 4.98 Å². The van der Waals surface area contributed by atoms with E-state index >= 15 is 0 Å². The molecule has 0 aliphatic heterocycles. The highest BCUT2D eigenvalue weighted by Crippen LogP contribution is 2.44. The Morgan fingerprint density at radius 1 is 1.24 bits per heavy atom. The number of halogens is 3. The predicted molar refractivity (Wildman–Crippen MR) is 103 cm³/mol. The monoisotopic (exact) mass is 414 g/mol. The lowest BCUT2D eigenvalue weighted by molar-refractivity contribution is -0.190. The minimum Gasteiger partial charge on any atom is -0.465 e. The number of ketones is 1. The number of amides is 1. The fraction of sp³-hybridized carbons (Fsp3) is 0.667. The van der Waals surface area contributed by atoms with Crippen molar-refractivity contribution in [3.05, 3.63) is 23.4 Å². The quantitative estimate of drug-likeness (QED) is 0.528. The molecular formula is C21H29F3N2O3. The fourth-order valence-corrected chi connectivity index (χ4v) is 3.22. The summed E-state index contributed by atoms with van der Waals surface area (Å²) in [6.45, 7) is 4.91. The first-order valence-corrected chi connectivity index (χ1v) is 10.1. The van der Waals surface area contributed by atoms with E-state index in [2.05, 4.69) is 4.98 Å². The second kappa shape index (κ2) is 9.59. The van der Waals surface area contributed by atoms with Crippen molar-refractivity contribution in [1.29, 1.82) is 0 Å². The topological polar surface area (TPSA) is 82.3 Å². The van der Waals surface area contributed by atoms with Crippen LogP contribution in [0.25, 0.3) is 0 Å². The van der Waals surface area contributed by atoms with Crippen molar-refractivity contribution in [3.63, 3.8) is 0 Å². The normalized spacial score (nSPS) is 16.5. The van der Waals surface area contributed by atoms with E-state index in [4.69, 9.17) is 10.5 Å². The molecule has 2 rings (SSSR count). The summed E-state index contributed by atoms with van der Waals surface area (Å²) in [5.41, 5.74) is 6.12. The van der Waals surface area contributed by atoms with E-state index in [-0.39, 0.29) is 41.5 Å². The molecule has 1 aliphatic rings. The Morgan fingerprint density at radius 2 is 1.90 bits per heavy atom. The van der Waals surface area contributed by atoms with Gasteiger partial charge in [-0.15, -0.1) is 0 Å². The van der Waals surface area contributed by atoms with Crippen LogP contribution in [-0.2, 0) is 4.79 Å². The zero-order valence-corrected chi connectivity index (χ0v) is 17.1. The van der Waals surface area contributed by atoms with Crippen molar-refractivity contribution in [3.8, 4) is 5.88 Å². The fourth-order valence-electron chi connectivity index (χ4n) is 3.22. The molecule has 1 heterocycles. The smallest absolute Gasteiger partial charge is 0.425 e. The van der Waals surface area contributed by atoms with Crippen molar-refractivity contribution >= 4 is 11.7 Å². The molecule has 8 heteroatoms. The first-order chi connectivity index (χ1) is 13.5. The summed E-state index contributed by atoms with van der Waals surface area (Å²) in [4.78, 5) is 28.1. The van der Waals surface area contributed by atoms with Gasteiger partial charge in [-0.2, -0.15) is 13.2 Å². The van der Waals surface area contributed by atoms with Crippen molar-refractivity contribution < 1.29 is 27.5 Å². The molecule has 0 bridgehead atoms. The van der Waals surface area contributed by atoms with E-state index in [1.165, 1.54) is 0 Å². The molecule has 29 heavy (non-hydrogen) atoms. The number of carbonyl (C=O) groups excluding carboxylic acids is 2. The first kappa shape index (κ1) is 23.2. The predicted octanol–water partition coefficient (Wildman–Crippen LogP) is 4.79. The zero-order chi connectivity index (χ0) is 21.8. The van der Waals surface area contributed by atoms with E-state index in [1.54, 1.807) is 12.1 Å². The molecule has 0 spiro atoms. The van der Waals surface area contributed by atoms with Crippen LogP contribution in [0.3, 0.4) is 0 Å². The number of rotatable bonds is 11. The van der Waals surface area contributed by atoms with E-state index in [9.17, 15) is 22.8 Å². The van der Waals surface area contributed by atoms with Gasteiger partial charge in [0.25, 0.3) is 0 Å². The van der Waals surface area contributed by atoms with Crippen molar-refractivity contribution in [2.45, 2.75) is 77.5 Å². The standard InChI is InChI=1S/C21H29F3N2O3/c1-12(2)11-15(19(25)28)5-4-6-18(27)17-10-9-16(14-7-8-14)20(26-17)29-13(3)21(22,23)24/h9-10,12-15H,4-8,11H2,1-3H3,(H2,25,28). The average Bonchev–Trinajstić information content (AvgIpc) is 3.44. The van der Waals surface area contributed by atoms with E-state index in [0.29, 0.717) is 30.7 Å². The SMILES string of the molecule is CC(C)CC(CCCC(=O)c1ccc(C2CC2)c(OC(C)C(F)(F)F)n1)C(N)=O. The van der Waals surface area contributed by atoms with E-state index < -0.39 is 12.3 Å². The second-order valence-electron chi connectivity index (χ2n) is 8.21. The highest BCUT2D eigenvalue weighted by atomic mass is 19.4. The van der Waals surface area contributed by atoms with E-state index in [0.717, 1.165) is 19.8 Å². The molecule has 1 amide bonds. The van der Waals surface area contributed by atoms with Crippen LogP contribution in [0, 0.1) is 11.8 Å². The number of ether oxygens (including phenoxy) is 1. The highest BCUT2D eigenvalue weighted by Gasteiger charge is 2.39. The summed E-state index contributed by atoms with van der Waals surface area (Å²) in [5, 5.41) is 0. The summed E-state index contributed by atoms with van der Waals surface area (Å²) in [6.07, 6.45) is -3.02. The molecule has 2 N–H and O–H groups in total. The molecular weight excluding hydrogens is 385 g/mol. The van der Waals surface area contributed by atoms with Crippen LogP contribution in [0.2, 0.25) is 0 Å². The number of Topliss-reactive ketones (excluding diaryl/α,β-unsaturated/α-hetero) is 1. The Kier molecular flexibility index (Phi) is 7.66. The second-order valence-corrected chi connectivity index (χ2v) is 8.21. The van der Waals surface area contributed by atoms with Gasteiger partial charge in [-0.1, -0.05) is 19.9 Å². The lowest BCUT2D eigenvalue weighted by atomic mass is 9.91. The van der Waals surface area contributed by atoms with Crippen LogP contribution in [0.4, 0.5) is 13.2 Å². The van der Waals surface area contributed by atoms with Crippen molar-refractivity contribution in [2.24, 2.45) is 17.6 Å². The van der Waals surface area contributed by atoms with Gasteiger partial charge < -0.3 is 10.5 Å². The van der Waals surface area contributed by atoms with E-state index in [1.807, 2.05) is 13.8 Å². The Labute approximate surface area is 169 Å². The van der Waals surface area contributed by atoms with Gasteiger partial charge >= 0.3 is 6.18 Å². The van der Waals surface area contributed by atoms with Gasteiger partial charge in [0.2, 0.25) is 11.8 Å². The minimum atomic E-state index is -4.51. The molecule has 162 valence electrons. The van der Waals surface area contributed by atoms with Crippen LogP contribution in [0.1, 0.15) is 81.3 Å². The van der Waals surface area contributed by atoms with Gasteiger partial charge in [0, 0.05) is 17.9 Å². The summed E-state index contributed by atoms with van der Waals surface area (Å²) >= 11 is 0. The largest absolute Gasteiger partial charge is 0.465 e. The number of nitrogens with two attached hydrogens (primary N) is 1. The lowest BCUT2D eigenvalue weighted by Gasteiger charge is -2.19. The number of hydrogen-bond donors (Lipinski definition) is 1. The summed E-state index contributed by atoms with van der Waals surface area (Å²) in [7, 11) is 0. The molecule has 5 nitrogen and oxygen atoms in total. The maximum atomic E-state index is 12.9. The Bertz CT molecular complexity index is 730. The maximum Gasteiger partial charge on any atom is 0.425 e. The maximum absolute atomic E-state index is 12.9. The van der Waals surface area contributed by atoms with Crippen LogP contribution < -0.4 is 10.5 Å². The van der Waals surface area contributed by atoms with Gasteiger partial charge in [-0.3, -0.25) is 9.59 Å². The van der Waals surface area contributed by atoms with Gasteiger partial charge in [0.15, 0.2) is 11.9 Å². The average molecular weight is 414 g/mol. The number of aromatic nitrogens is 1. The minimum absolute atomic E-state index is 0.0817. The zero-order valence-electron chi connectivity index (χ0n) is 17.1. The number of carbonyl (C=O) groups is 2. The number of nitrogens with zero attached hydrogens (tertiary/aromatic N) is 1. The molecule has 1 aromatic heterocycles. The molecule has 0 saturated heterocycles. The molecule has 1 aromatic rings. The third kappa shape index (κ3) is 7.01. The third-order valence-electron chi connectivity index (χ3n) is 5.06. The van der Waals surface area contributed by atoms with Gasteiger partial charge in [0.05, 0.1) is 0 Å². The first-order valence-electron chi connectivity index (χ1n) is 10.1. The number of primary amides is 1. The molecule has 1 fully saturated rings. The Morgan fingerprint density at radius 3 is 2.41 bits per heavy atom. The molecule has 1 saturated carbocycles. The van der Waals surface area contributed by atoms with Crippen LogP contribution in [0.15, 0.2) is 12.1 Å². The van der Waals surface area contributed by atoms with Crippen LogP contribution in [-0.4, -0.2) is 29.0 Å². The lowest BCUT2D eigenvalue weighted by Crippen LogP contribution is -2.32. The molecule has 0 radical (unpaired) electrons. The molecule has 2 atom stereocenters.